The van der Waals surface area contributed by atoms with E-state index in [4.69, 9.17) is 4.74 Å². The van der Waals surface area contributed by atoms with Crippen molar-refractivity contribution in [3.05, 3.63) is 58.3 Å². The van der Waals surface area contributed by atoms with E-state index >= 15 is 0 Å². The lowest BCUT2D eigenvalue weighted by Crippen LogP contribution is -2.49. The normalized spacial score (nSPS) is 21.8. The van der Waals surface area contributed by atoms with Crippen LogP contribution in [0.4, 0.5) is 5.69 Å². The molecule has 3 aromatic carbocycles. The third-order valence-corrected chi connectivity index (χ3v) is 8.21. The van der Waals surface area contributed by atoms with Crippen molar-refractivity contribution in [3.8, 4) is 5.75 Å². The van der Waals surface area contributed by atoms with Gasteiger partial charge in [0.25, 0.3) is 0 Å². The number of aryl methyl sites for hydroxylation is 1. The number of ether oxygens (including phenoxy) is 1. The third kappa shape index (κ3) is 3.97. The Kier molecular flexibility index (Phi) is 5.90. The van der Waals surface area contributed by atoms with Crippen molar-refractivity contribution in [2.24, 2.45) is 7.05 Å². The van der Waals surface area contributed by atoms with Gasteiger partial charge in [0.2, 0.25) is 0 Å². The topological polar surface area (TPSA) is 87.0 Å². The average Bonchev–Trinajstić information content (AvgIpc) is 2.89. The zero-order valence-corrected chi connectivity index (χ0v) is 21.8. The zero-order valence-electron chi connectivity index (χ0n) is 21.8. The number of pyridine rings is 1. The summed E-state index contributed by atoms with van der Waals surface area (Å²) in [7, 11) is 1.91. The molecule has 37 heavy (non-hydrogen) atoms. The lowest BCUT2D eigenvalue weighted by atomic mass is 9.86. The molecule has 194 valence electrons. The first-order chi connectivity index (χ1) is 17.8. The predicted octanol–water partition coefficient (Wildman–Crippen LogP) is 4.31. The number of hydrogen-bond donors (Lipinski definition) is 3. The Labute approximate surface area is 216 Å². The van der Waals surface area contributed by atoms with Crippen molar-refractivity contribution in [2.45, 2.75) is 50.9 Å². The fourth-order valence-corrected chi connectivity index (χ4v) is 6.10. The summed E-state index contributed by atoms with van der Waals surface area (Å²) in [6.07, 6.45) is 1.42. The van der Waals surface area contributed by atoms with Gasteiger partial charge in [0.05, 0.1) is 22.1 Å². The summed E-state index contributed by atoms with van der Waals surface area (Å²) in [6, 6.07) is 13.8. The van der Waals surface area contributed by atoms with E-state index in [0.29, 0.717) is 39.8 Å². The predicted molar refractivity (Wildman–Crippen MR) is 149 cm³/mol. The van der Waals surface area contributed by atoms with E-state index in [0.717, 1.165) is 35.9 Å². The van der Waals surface area contributed by atoms with Gasteiger partial charge in [-0.05, 0) is 62.7 Å². The molecular weight excluding hydrogens is 466 g/mol. The monoisotopic (exact) mass is 501 g/mol. The van der Waals surface area contributed by atoms with E-state index in [1.807, 2.05) is 54.1 Å². The van der Waals surface area contributed by atoms with Crippen molar-refractivity contribution in [2.75, 3.05) is 31.5 Å². The van der Waals surface area contributed by atoms with Gasteiger partial charge in [-0.2, -0.15) is 0 Å². The first-order valence-electron chi connectivity index (χ1n) is 13.3. The van der Waals surface area contributed by atoms with Crippen LogP contribution >= 0.6 is 0 Å². The molecule has 4 aromatic rings. The number of aliphatic hydroxyl groups is 2. The van der Waals surface area contributed by atoms with E-state index in [1.54, 1.807) is 13.8 Å². The quantitative estimate of drug-likeness (QED) is 0.362. The van der Waals surface area contributed by atoms with E-state index in [2.05, 4.69) is 10.2 Å². The fourth-order valence-electron chi connectivity index (χ4n) is 6.10. The summed E-state index contributed by atoms with van der Waals surface area (Å²) in [6.45, 7) is 7.33. The molecular formula is C30H35N3O4. The first kappa shape index (κ1) is 24.2. The standard InChI is InChI=1S/C30H35N3O4/c1-30(2)29(36)28(35)25-23(37-30)17-21(31-11-14-33-12-7-4-8-13-33)24-26(25)32(3)22-16-19-10-6-5-9-18(19)15-20(22)27(24)34/h5-6,9-10,15-17,28-29,31,35-36H,4,7-8,11-14H2,1-3H3/t28-,29-/m1/s1. The molecule has 6 rings (SSSR count). The second kappa shape index (κ2) is 9.01. The second-order valence-corrected chi connectivity index (χ2v) is 11.1. The minimum absolute atomic E-state index is 0.0938. The molecule has 1 aromatic heterocycles. The molecule has 7 nitrogen and oxygen atoms in total. The fraction of sp³-hybridized carbons (Fsp3) is 0.433. The number of anilines is 1. The first-order valence-corrected chi connectivity index (χ1v) is 13.3. The lowest BCUT2D eigenvalue weighted by Gasteiger charge is -2.41. The maximum absolute atomic E-state index is 14.1. The van der Waals surface area contributed by atoms with Gasteiger partial charge in [0.1, 0.15) is 23.6 Å². The highest BCUT2D eigenvalue weighted by Gasteiger charge is 2.44. The zero-order chi connectivity index (χ0) is 25.9. The summed E-state index contributed by atoms with van der Waals surface area (Å²) < 4.78 is 8.21. The summed E-state index contributed by atoms with van der Waals surface area (Å²) in [5, 5.41) is 28.9. The highest BCUT2D eigenvalue weighted by molar-refractivity contribution is 6.06. The van der Waals surface area contributed by atoms with Gasteiger partial charge in [-0.25, -0.2) is 0 Å². The molecule has 0 bridgehead atoms. The number of likely N-dealkylation sites (tertiary alicyclic amines) is 1. The van der Waals surface area contributed by atoms with Gasteiger partial charge in [0, 0.05) is 37.2 Å². The molecule has 3 heterocycles. The van der Waals surface area contributed by atoms with Gasteiger partial charge < -0.3 is 29.7 Å². The number of aromatic nitrogens is 1. The van der Waals surface area contributed by atoms with Crippen LogP contribution in [0.25, 0.3) is 32.6 Å². The Morgan fingerprint density at radius 1 is 1.05 bits per heavy atom. The van der Waals surface area contributed by atoms with Crippen molar-refractivity contribution in [1.29, 1.82) is 0 Å². The highest BCUT2D eigenvalue weighted by atomic mass is 16.5. The maximum atomic E-state index is 14.1. The Hall–Kier alpha value is -3.13. The van der Waals surface area contributed by atoms with Crippen molar-refractivity contribution in [3.63, 3.8) is 0 Å². The van der Waals surface area contributed by atoms with Crippen LogP contribution in [0.3, 0.4) is 0 Å². The minimum Gasteiger partial charge on any atom is -0.484 e. The molecule has 0 saturated carbocycles. The van der Waals surface area contributed by atoms with E-state index in [1.165, 1.54) is 19.3 Å². The average molecular weight is 502 g/mol. The number of nitrogens with one attached hydrogen (secondary N) is 1. The van der Waals surface area contributed by atoms with Gasteiger partial charge in [0.15, 0.2) is 5.43 Å². The minimum atomic E-state index is -1.19. The van der Waals surface area contributed by atoms with Crippen LogP contribution in [-0.2, 0) is 7.05 Å². The van der Waals surface area contributed by atoms with E-state index in [-0.39, 0.29) is 5.43 Å². The van der Waals surface area contributed by atoms with Gasteiger partial charge in [-0.3, -0.25) is 4.79 Å². The van der Waals surface area contributed by atoms with Crippen LogP contribution in [0.15, 0.2) is 47.3 Å². The van der Waals surface area contributed by atoms with Crippen molar-refractivity contribution in [1.82, 2.24) is 9.47 Å². The largest absolute Gasteiger partial charge is 0.484 e. The smallest absolute Gasteiger partial charge is 0.199 e. The number of fused-ring (bicyclic) bond motifs is 5. The number of benzene rings is 3. The van der Waals surface area contributed by atoms with Crippen LogP contribution in [-0.4, -0.2) is 57.6 Å². The number of piperidine rings is 1. The Balaban J connectivity index is 1.58. The van der Waals surface area contributed by atoms with Crippen LogP contribution in [0.2, 0.25) is 0 Å². The van der Waals surface area contributed by atoms with Crippen LogP contribution < -0.4 is 15.5 Å². The third-order valence-electron chi connectivity index (χ3n) is 8.21. The summed E-state index contributed by atoms with van der Waals surface area (Å²) in [4.78, 5) is 16.6. The molecule has 1 saturated heterocycles. The molecule has 0 amide bonds. The molecule has 0 unspecified atom stereocenters. The van der Waals surface area contributed by atoms with Crippen molar-refractivity contribution < 1.29 is 14.9 Å². The summed E-state index contributed by atoms with van der Waals surface area (Å²) >= 11 is 0. The Bertz CT molecular complexity index is 1570. The molecule has 1 fully saturated rings. The SMILES string of the molecule is Cn1c2cc3ccccc3cc2c(=O)c2c(NCCN3CCCCC3)cc3c(c21)[C@@H](O)[C@@H](O)C(C)(C)O3. The van der Waals surface area contributed by atoms with Crippen LogP contribution in [0.5, 0.6) is 5.75 Å². The highest BCUT2D eigenvalue weighted by Crippen LogP contribution is 2.46. The molecule has 2 aliphatic rings. The van der Waals surface area contributed by atoms with E-state index < -0.39 is 17.8 Å². The number of nitrogens with zero attached hydrogens (tertiary/aromatic N) is 2. The maximum Gasteiger partial charge on any atom is 0.199 e. The molecule has 0 spiro atoms. The lowest BCUT2D eigenvalue weighted by molar-refractivity contribution is -0.111. The van der Waals surface area contributed by atoms with Gasteiger partial charge in [-0.15, -0.1) is 0 Å². The molecule has 0 aliphatic carbocycles. The molecule has 3 N–H and O–H groups in total. The van der Waals surface area contributed by atoms with Crippen LogP contribution in [0, 0.1) is 0 Å². The second-order valence-electron chi connectivity index (χ2n) is 11.1. The molecule has 7 heteroatoms. The molecule has 2 atom stereocenters. The Morgan fingerprint density at radius 2 is 1.76 bits per heavy atom. The van der Waals surface area contributed by atoms with Crippen LogP contribution in [0.1, 0.15) is 44.8 Å². The Morgan fingerprint density at radius 3 is 2.49 bits per heavy atom. The molecule has 0 radical (unpaired) electrons. The summed E-state index contributed by atoms with van der Waals surface area (Å²) in [5.74, 6) is 0.492. The summed E-state index contributed by atoms with van der Waals surface area (Å²) in [5.41, 5.74) is 1.45. The van der Waals surface area contributed by atoms with E-state index in [9.17, 15) is 15.0 Å². The van der Waals surface area contributed by atoms with Gasteiger partial charge in [-0.1, -0.05) is 30.7 Å². The molecule has 2 aliphatic heterocycles. The van der Waals surface area contributed by atoms with Crippen molar-refractivity contribution >= 4 is 38.3 Å². The number of aliphatic hydroxyl groups excluding tert-OH is 2. The number of hydrogen-bond acceptors (Lipinski definition) is 6. The number of rotatable bonds is 4. The van der Waals surface area contributed by atoms with Gasteiger partial charge >= 0.3 is 0 Å².